The van der Waals surface area contributed by atoms with Crippen molar-refractivity contribution >= 4 is 5.57 Å². The van der Waals surface area contributed by atoms with Gasteiger partial charge < -0.3 is 10.6 Å². The van der Waals surface area contributed by atoms with E-state index in [1.807, 2.05) is 5.06 Å². The Morgan fingerprint density at radius 2 is 2.50 bits per heavy atom. The molecule has 0 fully saturated rings. The van der Waals surface area contributed by atoms with Gasteiger partial charge in [-0.15, -0.1) is 6.58 Å². The van der Waals surface area contributed by atoms with Gasteiger partial charge in [0.15, 0.2) is 0 Å². The van der Waals surface area contributed by atoms with Crippen LogP contribution in [0.25, 0.3) is 5.57 Å². The van der Waals surface area contributed by atoms with E-state index in [0.717, 1.165) is 18.5 Å². The molecule has 5 nitrogen and oxygen atoms in total. The lowest BCUT2D eigenvalue weighted by molar-refractivity contribution is -0.139. The zero-order valence-electron chi connectivity index (χ0n) is 9.26. The third-order valence-corrected chi connectivity index (χ3v) is 2.20. The molecular weight excluding hydrogens is 206 g/mol. The van der Waals surface area contributed by atoms with Gasteiger partial charge in [-0.1, -0.05) is 12.2 Å². The van der Waals surface area contributed by atoms with Crippen molar-refractivity contribution < 1.29 is 9.25 Å². The monoisotopic (exact) mass is 223 g/mol. The van der Waals surface area contributed by atoms with Crippen LogP contribution in [0, 0.1) is 0 Å². The first-order valence-electron chi connectivity index (χ1n) is 4.98. The van der Waals surface area contributed by atoms with Crippen LogP contribution in [-0.4, -0.2) is 29.7 Å². The molecule has 0 spiro atoms. The topological polar surface area (TPSA) is 73.5 Å². The number of rotatable bonds is 4. The quantitative estimate of drug-likeness (QED) is 0.791. The molecule has 1 aromatic heterocycles. The second kappa shape index (κ2) is 6.22. The number of hydrogen-bond acceptors (Lipinski definition) is 5. The Hall–Kier alpha value is -1.43. The molecule has 1 aromatic rings. The highest BCUT2D eigenvalue weighted by atomic mass is 16.7. The summed E-state index contributed by atoms with van der Waals surface area (Å²) in [6.07, 6.45) is 8.07. The van der Waals surface area contributed by atoms with Crippen LogP contribution in [-0.2, 0) is 4.84 Å². The lowest BCUT2D eigenvalue weighted by atomic mass is 10.1. The molecule has 3 N–H and O–H groups in total. The number of nitrogens with zero attached hydrogens (tertiary/aromatic N) is 2. The maximum absolute atomic E-state index is 5.47. The van der Waals surface area contributed by atoms with Crippen LogP contribution >= 0.6 is 0 Å². The molecule has 0 radical (unpaired) electrons. The van der Waals surface area contributed by atoms with Gasteiger partial charge in [0, 0.05) is 12.1 Å². The van der Waals surface area contributed by atoms with E-state index in [9.17, 15) is 0 Å². The predicted octanol–water partition coefficient (Wildman–Crippen LogP) is 2.04. The Bertz CT molecular complexity index is 346. The molecule has 0 aromatic carbocycles. The minimum absolute atomic E-state index is 0. The fourth-order valence-corrected chi connectivity index (χ4v) is 1.52. The lowest BCUT2D eigenvalue weighted by Gasteiger charge is -2.24. The fraction of sp³-hybridized carbons (Fsp3) is 0.364. The molecule has 0 bridgehead atoms. The molecule has 5 heteroatoms. The Morgan fingerprint density at radius 3 is 3.19 bits per heavy atom. The van der Waals surface area contributed by atoms with Gasteiger partial charge in [0.25, 0.3) is 0 Å². The van der Waals surface area contributed by atoms with Crippen molar-refractivity contribution in [2.45, 2.75) is 6.42 Å². The first-order valence-corrected chi connectivity index (χ1v) is 4.98. The van der Waals surface area contributed by atoms with Gasteiger partial charge in [0.1, 0.15) is 6.26 Å². The van der Waals surface area contributed by atoms with Crippen molar-refractivity contribution in [2.24, 2.45) is 0 Å². The summed E-state index contributed by atoms with van der Waals surface area (Å²) < 4.78 is 5.24. The average Bonchev–Trinajstić information content (AvgIpc) is 2.80. The van der Waals surface area contributed by atoms with E-state index < -0.39 is 0 Å². The van der Waals surface area contributed by atoms with E-state index in [-0.39, 0.29) is 6.15 Å². The third kappa shape index (κ3) is 3.03. The van der Waals surface area contributed by atoms with Crippen molar-refractivity contribution in [3.05, 3.63) is 37.1 Å². The van der Waals surface area contributed by atoms with Crippen molar-refractivity contribution in [3.63, 3.8) is 0 Å². The van der Waals surface area contributed by atoms with E-state index in [4.69, 9.17) is 9.25 Å². The highest BCUT2D eigenvalue weighted by Gasteiger charge is 2.16. The van der Waals surface area contributed by atoms with Crippen LogP contribution in [0.4, 0.5) is 0 Å². The van der Waals surface area contributed by atoms with Gasteiger partial charge in [-0.2, -0.15) is 5.06 Å². The molecule has 2 heterocycles. The third-order valence-electron chi connectivity index (χ3n) is 2.20. The number of hydrogen-bond donors (Lipinski definition) is 1. The van der Waals surface area contributed by atoms with Crippen LogP contribution < -0.4 is 6.15 Å². The van der Waals surface area contributed by atoms with Gasteiger partial charge in [0.2, 0.25) is 5.89 Å². The predicted molar refractivity (Wildman–Crippen MR) is 61.8 cm³/mol. The Labute approximate surface area is 94.9 Å². The number of aromatic nitrogens is 1. The molecule has 0 saturated carbocycles. The molecular formula is C11H17N3O2. The van der Waals surface area contributed by atoms with E-state index in [1.54, 1.807) is 18.5 Å². The first-order chi connectivity index (χ1) is 7.40. The van der Waals surface area contributed by atoms with Crippen molar-refractivity contribution in [1.29, 1.82) is 0 Å². The second-order valence-corrected chi connectivity index (χ2v) is 3.30. The van der Waals surface area contributed by atoms with Crippen molar-refractivity contribution in [3.8, 4) is 0 Å². The SMILES string of the molecule is C=CCON1CCC=C(c2ncco2)C1.N. The van der Waals surface area contributed by atoms with Gasteiger partial charge >= 0.3 is 0 Å². The second-order valence-electron chi connectivity index (χ2n) is 3.30. The maximum Gasteiger partial charge on any atom is 0.222 e. The summed E-state index contributed by atoms with van der Waals surface area (Å²) >= 11 is 0. The summed E-state index contributed by atoms with van der Waals surface area (Å²) in [5, 5.41) is 1.90. The molecule has 2 rings (SSSR count). The van der Waals surface area contributed by atoms with Crippen molar-refractivity contribution in [1.82, 2.24) is 16.2 Å². The zero-order valence-corrected chi connectivity index (χ0v) is 9.26. The molecule has 1 aliphatic rings. The summed E-state index contributed by atoms with van der Waals surface area (Å²) in [5.74, 6) is 0.682. The minimum Gasteiger partial charge on any atom is -0.445 e. The number of hydroxylamine groups is 2. The van der Waals surface area contributed by atoms with Gasteiger partial charge in [0.05, 0.1) is 19.3 Å². The summed E-state index contributed by atoms with van der Waals surface area (Å²) in [5.41, 5.74) is 1.08. The van der Waals surface area contributed by atoms with Crippen LogP contribution in [0.5, 0.6) is 0 Å². The largest absolute Gasteiger partial charge is 0.445 e. The maximum atomic E-state index is 5.47. The first kappa shape index (κ1) is 12.6. The molecule has 16 heavy (non-hydrogen) atoms. The Kier molecular flexibility index (Phi) is 4.91. The molecule has 0 aliphatic carbocycles. The highest BCUT2D eigenvalue weighted by Crippen LogP contribution is 2.19. The Morgan fingerprint density at radius 1 is 1.62 bits per heavy atom. The van der Waals surface area contributed by atoms with Gasteiger partial charge in [-0.3, -0.25) is 4.84 Å². The molecule has 0 amide bonds. The molecule has 0 atom stereocenters. The van der Waals surface area contributed by atoms with E-state index in [2.05, 4.69) is 17.6 Å². The van der Waals surface area contributed by atoms with Gasteiger partial charge in [-0.25, -0.2) is 4.98 Å². The molecule has 88 valence electrons. The summed E-state index contributed by atoms with van der Waals surface area (Å²) in [7, 11) is 0. The normalized spacial score (nSPS) is 16.4. The standard InChI is InChI=1S/C11H14N2O2.H3N/c1-2-7-15-13-6-3-4-10(9-13)11-12-5-8-14-11;/h2,4-5,8H,1,3,6-7,9H2;1H3. The van der Waals surface area contributed by atoms with E-state index >= 15 is 0 Å². The van der Waals surface area contributed by atoms with Crippen LogP contribution in [0.15, 0.2) is 35.6 Å². The highest BCUT2D eigenvalue weighted by molar-refractivity contribution is 5.60. The summed E-state index contributed by atoms with van der Waals surface area (Å²) in [6.45, 7) is 5.77. The van der Waals surface area contributed by atoms with E-state index in [1.165, 1.54) is 0 Å². The Balaban J connectivity index is 0.00000128. The number of oxazole rings is 1. The molecule has 0 unspecified atom stereocenters. The summed E-state index contributed by atoms with van der Waals surface area (Å²) in [4.78, 5) is 9.58. The summed E-state index contributed by atoms with van der Waals surface area (Å²) in [6, 6.07) is 0. The van der Waals surface area contributed by atoms with Gasteiger partial charge in [-0.05, 0) is 6.42 Å². The van der Waals surface area contributed by atoms with Crippen LogP contribution in [0.1, 0.15) is 12.3 Å². The lowest BCUT2D eigenvalue weighted by Crippen LogP contribution is -2.29. The van der Waals surface area contributed by atoms with Crippen LogP contribution in [0.3, 0.4) is 0 Å². The zero-order chi connectivity index (χ0) is 10.5. The molecule has 1 aliphatic heterocycles. The smallest absolute Gasteiger partial charge is 0.222 e. The van der Waals surface area contributed by atoms with E-state index in [0.29, 0.717) is 19.0 Å². The van der Waals surface area contributed by atoms with Crippen LogP contribution in [0.2, 0.25) is 0 Å². The molecule has 0 saturated heterocycles. The minimum atomic E-state index is 0. The van der Waals surface area contributed by atoms with Crippen molar-refractivity contribution in [2.75, 3.05) is 19.7 Å². The average molecular weight is 223 g/mol. The fourth-order valence-electron chi connectivity index (χ4n) is 1.52.